The zero-order valence-corrected chi connectivity index (χ0v) is 9.97. The Hall–Kier alpha value is -2.04. The lowest BCUT2D eigenvalue weighted by molar-refractivity contribution is -0.120. The number of nitrogens with one attached hydrogen (secondary N) is 1. The van der Waals surface area contributed by atoms with E-state index < -0.39 is 0 Å². The Bertz CT molecular complexity index is 450. The summed E-state index contributed by atoms with van der Waals surface area (Å²) in [7, 11) is 3.97. The lowest BCUT2D eigenvalue weighted by Gasteiger charge is -2.20. The molecule has 0 bridgehead atoms. The van der Waals surface area contributed by atoms with Gasteiger partial charge in [-0.2, -0.15) is 0 Å². The zero-order chi connectivity index (χ0) is 12.4. The molecule has 0 spiro atoms. The molecule has 0 aromatic heterocycles. The Labute approximate surface area is 100 Å². The molecule has 1 aromatic carbocycles. The van der Waals surface area contributed by atoms with Crippen molar-refractivity contribution in [1.29, 1.82) is 0 Å². The molecule has 5 heteroatoms. The Morgan fingerprint density at radius 2 is 2.00 bits per heavy atom. The summed E-state index contributed by atoms with van der Waals surface area (Å²) in [6.45, 7) is 0. The standard InChI is InChI=1S/C12H16N4O/c1-16(2)9-5-3-8(4-6-9)10-7-11(17)15-12(13)14-10/h3-6,10H,7H2,1-2H3,(H3,13,14,15,17). The SMILES string of the molecule is CN(C)c1ccc(C2CC(=O)NC(N)=N2)cc1. The van der Waals surface area contributed by atoms with Crippen molar-refractivity contribution in [3.05, 3.63) is 29.8 Å². The van der Waals surface area contributed by atoms with Crippen molar-refractivity contribution in [1.82, 2.24) is 5.32 Å². The first kappa shape index (κ1) is 11.4. The maximum atomic E-state index is 11.4. The van der Waals surface area contributed by atoms with Crippen LogP contribution in [0.3, 0.4) is 0 Å². The number of benzene rings is 1. The summed E-state index contributed by atoms with van der Waals surface area (Å²) in [5.74, 6) is 0.113. The van der Waals surface area contributed by atoms with Crippen LogP contribution in [0, 0.1) is 0 Å². The van der Waals surface area contributed by atoms with Gasteiger partial charge >= 0.3 is 0 Å². The lowest BCUT2D eigenvalue weighted by Crippen LogP contribution is -2.41. The number of rotatable bonds is 2. The molecule has 0 saturated heterocycles. The number of nitrogens with two attached hydrogens (primary N) is 1. The van der Waals surface area contributed by atoms with Crippen LogP contribution in [0.2, 0.25) is 0 Å². The molecule has 3 N–H and O–H groups in total. The average molecular weight is 232 g/mol. The van der Waals surface area contributed by atoms with Crippen LogP contribution in [0.25, 0.3) is 0 Å². The van der Waals surface area contributed by atoms with Crippen molar-refractivity contribution < 1.29 is 4.79 Å². The van der Waals surface area contributed by atoms with Crippen molar-refractivity contribution in [3.63, 3.8) is 0 Å². The third kappa shape index (κ3) is 2.55. The van der Waals surface area contributed by atoms with Gasteiger partial charge in [-0.3, -0.25) is 10.1 Å². The van der Waals surface area contributed by atoms with Gasteiger partial charge in [0.15, 0.2) is 5.96 Å². The van der Waals surface area contributed by atoms with Crippen molar-refractivity contribution in [2.75, 3.05) is 19.0 Å². The van der Waals surface area contributed by atoms with Gasteiger partial charge in [0, 0.05) is 19.8 Å². The van der Waals surface area contributed by atoms with Crippen LogP contribution in [0.15, 0.2) is 29.3 Å². The quantitative estimate of drug-likeness (QED) is 0.785. The van der Waals surface area contributed by atoms with E-state index in [4.69, 9.17) is 5.73 Å². The summed E-state index contributed by atoms with van der Waals surface area (Å²) >= 11 is 0. The highest BCUT2D eigenvalue weighted by Gasteiger charge is 2.20. The van der Waals surface area contributed by atoms with E-state index in [1.165, 1.54) is 0 Å². The third-order valence-electron chi connectivity index (χ3n) is 2.74. The molecular formula is C12H16N4O. The third-order valence-corrected chi connectivity index (χ3v) is 2.74. The summed E-state index contributed by atoms with van der Waals surface area (Å²) in [6.07, 6.45) is 0.349. The molecule has 0 aliphatic carbocycles. The topological polar surface area (TPSA) is 70.7 Å². The zero-order valence-electron chi connectivity index (χ0n) is 9.97. The van der Waals surface area contributed by atoms with Gasteiger partial charge in [-0.1, -0.05) is 12.1 Å². The highest BCUT2D eigenvalue weighted by molar-refractivity contribution is 5.98. The lowest BCUT2D eigenvalue weighted by atomic mass is 10.0. The molecule has 90 valence electrons. The number of guanidine groups is 1. The second-order valence-electron chi connectivity index (χ2n) is 4.27. The minimum absolute atomic E-state index is 0.0841. The highest BCUT2D eigenvalue weighted by Crippen LogP contribution is 2.25. The molecule has 0 saturated carbocycles. The first-order valence-electron chi connectivity index (χ1n) is 5.46. The molecule has 1 atom stereocenters. The molecule has 1 aliphatic heterocycles. The van der Waals surface area contributed by atoms with E-state index in [2.05, 4.69) is 10.3 Å². The monoisotopic (exact) mass is 232 g/mol. The molecule has 17 heavy (non-hydrogen) atoms. The predicted molar refractivity (Wildman–Crippen MR) is 67.9 cm³/mol. The van der Waals surface area contributed by atoms with Crippen LogP contribution in [-0.4, -0.2) is 26.0 Å². The van der Waals surface area contributed by atoms with Crippen molar-refractivity contribution in [2.24, 2.45) is 10.7 Å². The molecule has 1 aromatic rings. The van der Waals surface area contributed by atoms with E-state index in [0.29, 0.717) is 6.42 Å². The van der Waals surface area contributed by atoms with Crippen LogP contribution in [0.1, 0.15) is 18.0 Å². The summed E-state index contributed by atoms with van der Waals surface area (Å²) in [5, 5.41) is 2.49. The Morgan fingerprint density at radius 3 is 2.53 bits per heavy atom. The van der Waals surface area contributed by atoms with Gasteiger partial charge in [-0.15, -0.1) is 0 Å². The fraction of sp³-hybridized carbons (Fsp3) is 0.333. The van der Waals surface area contributed by atoms with E-state index in [-0.39, 0.29) is 17.9 Å². The molecule has 1 aliphatic rings. The fourth-order valence-electron chi connectivity index (χ4n) is 1.80. The number of carbonyl (C=O) groups excluding carboxylic acids is 1. The number of hydrogen-bond acceptors (Lipinski definition) is 4. The molecule has 1 unspecified atom stereocenters. The number of aliphatic imine (C=N–C) groups is 1. The molecule has 1 heterocycles. The van der Waals surface area contributed by atoms with Gasteiger partial charge in [0.05, 0.1) is 12.5 Å². The molecule has 2 rings (SSSR count). The van der Waals surface area contributed by atoms with Crippen molar-refractivity contribution >= 4 is 17.6 Å². The molecular weight excluding hydrogens is 216 g/mol. The smallest absolute Gasteiger partial charge is 0.229 e. The summed E-state index contributed by atoms with van der Waals surface area (Å²) in [5.41, 5.74) is 7.67. The van der Waals surface area contributed by atoms with Crippen LogP contribution in [0.5, 0.6) is 0 Å². The van der Waals surface area contributed by atoms with Crippen LogP contribution < -0.4 is 16.0 Å². The Morgan fingerprint density at radius 1 is 1.35 bits per heavy atom. The number of amides is 1. The highest BCUT2D eigenvalue weighted by atomic mass is 16.1. The number of hydrogen-bond donors (Lipinski definition) is 2. The normalized spacial score (nSPS) is 19.5. The van der Waals surface area contributed by atoms with E-state index in [0.717, 1.165) is 11.3 Å². The fourth-order valence-corrected chi connectivity index (χ4v) is 1.80. The molecule has 0 fully saturated rings. The number of nitrogens with zero attached hydrogens (tertiary/aromatic N) is 2. The van der Waals surface area contributed by atoms with Crippen LogP contribution >= 0.6 is 0 Å². The minimum atomic E-state index is -0.167. The van der Waals surface area contributed by atoms with E-state index in [1.54, 1.807) is 0 Å². The Balaban J connectivity index is 2.23. The molecule has 1 amide bonds. The van der Waals surface area contributed by atoms with Gasteiger partial charge < -0.3 is 10.6 Å². The van der Waals surface area contributed by atoms with Gasteiger partial charge in [0.25, 0.3) is 0 Å². The average Bonchev–Trinajstić information content (AvgIpc) is 2.28. The molecule has 0 radical (unpaired) electrons. The van der Waals surface area contributed by atoms with E-state index in [1.807, 2.05) is 43.3 Å². The number of anilines is 1. The Kier molecular flexibility index (Phi) is 2.99. The van der Waals surface area contributed by atoms with E-state index >= 15 is 0 Å². The van der Waals surface area contributed by atoms with Crippen molar-refractivity contribution in [3.8, 4) is 0 Å². The predicted octanol–water partition coefficient (Wildman–Crippen LogP) is 0.628. The largest absolute Gasteiger partial charge is 0.378 e. The van der Waals surface area contributed by atoms with Gasteiger partial charge in [0.1, 0.15) is 0 Å². The first-order valence-corrected chi connectivity index (χ1v) is 5.46. The number of carbonyl (C=O) groups is 1. The molecule has 5 nitrogen and oxygen atoms in total. The van der Waals surface area contributed by atoms with Crippen LogP contribution in [-0.2, 0) is 4.79 Å². The second-order valence-corrected chi connectivity index (χ2v) is 4.27. The first-order chi connectivity index (χ1) is 8.06. The maximum absolute atomic E-state index is 11.4. The summed E-state index contributed by atoms with van der Waals surface area (Å²) in [6, 6.07) is 7.81. The van der Waals surface area contributed by atoms with Gasteiger partial charge in [-0.25, -0.2) is 4.99 Å². The van der Waals surface area contributed by atoms with Gasteiger partial charge in [-0.05, 0) is 17.7 Å². The minimum Gasteiger partial charge on any atom is -0.378 e. The maximum Gasteiger partial charge on any atom is 0.229 e. The summed E-state index contributed by atoms with van der Waals surface area (Å²) in [4.78, 5) is 17.6. The van der Waals surface area contributed by atoms with Crippen LogP contribution in [0.4, 0.5) is 5.69 Å². The second kappa shape index (κ2) is 4.45. The summed E-state index contributed by atoms with van der Waals surface area (Å²) < 4.78 is 0. The van der Waals surface area contributed by atoms with Crippen molar-refractivity contribution in [2.45, 2.75) is 12.5 Å². The van der Waals surface area contributed by atoms with E-state index in [9.17, 15) is 4.79 Å². The van der Waals surface area contributed by atoms with Gasteiger partial charge in [0.2, 0.25) is 5.91 Å².